The summed E-state index contributed by atoms with van der Waals surface area (Å²) in [6, 6.07) is 4.17. The van der Waals surface area contributed by atoms with E-state index in [1.807, 2.05) is 25.2 Å². The number of aryl methyl sites for hydroxylation is 1. The molecule has 0 atom stereocenters. The highest BCUT2D eigenvalue weighted by molar-refractivity contribution is 6.02. The van der Waals surface area contributed by atoms with Gasteiger partial charge in [0.1, 0.15) is 5.82 Å². The lowest BCUT2D eigenvalue weighted by atomic mass is 10.1. The highest BCUT2D eigenvalue weighted by atomic mass is 19.1. The fourth-order valence-corrected chi connectivity index (χ4v) is 2.01. The first-order chi connectivity index (χ1) is 9.51. The van der Waals surface area contributed by atoms with Crippen LogP contribution in [0.15, 0.2) is 35.7 Å². The van der Waals surface area contributed by atoms with Crippen LogP contribution in [-0.4, -0.2) is 27.9 Å². The second-order valence-corrected chi connectivity index (χ2v) is 4.53. The number of benzene rings is 1. The maximum atomic E-state index is 13.3. The molecule has 1 aromatic carbocycles. The van der Waals surface area contributed by atoms with E-state index in [-0.39, 0.29) is 5.84 Å². The van der Waals surface area contributed by atoms with Gasteiger partial charge in [0, 0.05) is 43.7 Å². The van der Waals surface area contributed by atoms with Crippen LogP contribution in [0.3, 0.4) is 0 Å². The van der Waals surface area contributed by atoms with Crippen molar-refractivity contribution in [3.05, 3.63) is 47.5 Å². The molecule has 0 fully saturated rings. The lowest BCUT2D eigenvalue weighted by Crippen LogP contribution is -2.22. The van der Waals surface area contributed by atoms with Crippen molar-refractivity contribution in [2.45, 2.75) is 6.54 Å². The number of hydrogen-bond acceptors (Lipinski definition) is 4. The van der Waals surface area contributed by atoms with Gasteiger partial charge in [0.2, 0.25) is 0 Å². The van der Waals surface area contributed by atoms with E-state index < -0.39 is 5.82 Å². The quantitative estimate of drug-likeness (QED) is 0.382. The highest BCUT2D eigenvalue weighted by Crippen LogP contribution is 2.22. The minimum atomic E-state index is -0.440. The summed E-state index contributed by atoms with van der Waals surface area (Å²) in [6.07, 6.45) is 3.65. The second-order valence-electron chi connectivity index (χ2n) is 4.53. The van der Waals surface area contributed by atoms with Crippen LogP contribution in [0.4, 0.5) is 10.1 Å². The first-order valence-electron chi connectivity index (χ1n) is 5.97. The average molecular weight is 277 g/mol. The zero-order valence-corrected chi connectivity index (χ0v) is 11.3. The molecular weight excluding hydrogens is 261 g/mol. The van der Waals surface area contributed by atoms with Crippen LogP contribution in [0, 0.1) is 5.82 Å². The Balaban J connectivity index is 2.31. The molecule has 0 radical (unpaired) electrons. The van der Waals surface area contributed by atoms with E-state index >= 15 is 0 Å². The Labute approximate surface area is 115 Å². The van der Waals surface area contributed by atoms with Crippen molar-refractivity contribution in [2.24, 2.45) is 17.9 Å². The van der Waals surface area contributed by atoms with Crippen molar-refractivity contribution < 1.29 is 9.60 Å². The molecule has 2 rings (SSSR count). The van der Waals surface area contributed by atoms with E-state index in [0.717, 1.165) is 5.56 Å². The molecule has 0 aliphatic rings. The number of anilines is 1. The van der Waals surface area contributed by atoms with Crippen molar-refractivity contribution >= 4 is 11.5 Å². The third-order valence-electron chi connectivity index (χ3n) is 2.93. The molecular formula is C13H16FN5O. The van der Waals surface area contributed by atoms with Crippen LogP contribution in [-0.2, 0) is 13.6 Å². The third kappa shape index (κ3) is 2.87. The smallest absolute Gasteiger partial charge is 0.172 e. The average Bonchev–Trinajstić information content (AvgIpc) is 2.82. The van der Waals surface area contributed by atoms with E-state index in [4.69, 9.17) is 10.9 Å². The Morgan fingerprint density at radius 3 is 2.90 bits per heavy atom. The van der Waals surface area contributed by atoms with Crippen molar-refractivity contribution in [2.75, 3.05) is 11.9 Å². The number of hydrogen-bond donors (Lipinski definition) is 2. The summed E-state index contributed by atoms with van der Waals surface area (Å²) in [6.45, 7) is 0.575. The summed E-state index contributed by atoms with van der Waals surface area (Å²) >= 11 is 0. The van der Waals surface area contributed by atoms with Gasteiger partial charge in [-0.1, -0.05) is 5.16 Å². The second kappa shape index (κ2) is 5.60. The molecule has 1 aromatic heterocycles. The Kier molecular flexibility index (Phi) is 3.88. The number of nitrogens with two attached hydrogens (primary N) is 1. The predicted molar refractivity (Wildman–Crippen MR) is 74.2 cm³/mol. The van der Waals surface area contributed by atoms with Crippen molar-refractivity contribution in [3.63, 3.8) is 0 Å². The van der Waals surface area contributed by atoms with Gasteiger partial charge in [0.25, 0.3) is 0 Å². The molecule has 0 aliphatic heterocycles. The molecule has 0 amide bonds. The van der Waals surface area contributed by atoms with E-state index in [0.29, 0.717) is 17.8 Å². The molecule has 20 heavy (non-hydrogen) atoms. The fraction of sp³-hybridized carbons (Fsp3) is 0.231. The SMILES string of the molecule is CN(Cc1cnn(C)c1)c1ccc(F)cc1C(N)=NO. The summed E-state index contributed by atoms with van der Waals surface area (Å²) < 4.78 is 15.0. The fourth-order valence-electron chi connectivity index (χ4n) is 2.01. The number of nitrogens with zero attached hydrogens (tertiary/aromatic N) is 4. The normalized spacial score (nSPS) is 11.7. The van der Waals surface area contributed by atoms with Gasteiger partial charge < -0.3 is 15.8 Å². The monoisotopic (exact) mass is 277 g/mol. The highest BCUT2D eigenvalue weighted by Gasteiger charge is 2.13. The van der Waals surface area contributed by atoms with E-state index in [1.54, 1.807) is 16.9 Å². The predicted octanol–water partition coefficient (Wildman–Crippen LogP) is 1.29. The number of aromatic nitrogens is 2. The molecule has 0 bridgehead atoms. The molecule has 0 saturated heterocycles. The lowest BCUT2D eigenvalue weighted by Gasteiger charge is -2.21. The largest absolute Gasteiger partial charge is 0.409 e. The van der Waals surface area contributed by atoms with Crippen LogP contribution in [0.1, 0.15) is 11.1 Å². The van der Waals surface area contributed by atoms with Gasteiger partial charge in [-0.2, -0.15) is 5.10 Å². The molecule has 7 heteroatoms. The first-order valence-corrected chi connectivity index (χ1v) is 5.97. The molecule has 3 N–H and O–H groups in total. The molecule has 0 spiro atoms. The molecule has 0 unspecified atom stereocenters. The zero-order chi connectivity index (χ0) is 14.7. The Hall–Kier alpha value is -2.57. The summed E-state index contributed by atoms with van der Waals surface area (Å²) in [7, 11) is 3.68. The van der Waals surface area contributed by atoms with Crippen LogP contribution >= 0.6 is 0 Å². The molecule has 0 saturated carbocycles. The number of halogens is 1. The minimum Gasteiger partial charge on any atom is -0.409 e. The summed E-state index contributed by atoms with van der Waals surface area (Å²) in [4.78, 5) is 1.88. The van der Waals surface area contributed by atoms with Crippen LogP contribution in [0.25, 0.3) is 0 Å². The molecule has 1 heterocycles. The molecule has 6 nitrogen and oxygen atoms in total. The topological polar surface area (TPSA) is 79.7 Å². The molecule has 106 valence electrons. The Morgan fingerprint density at radius 1 is 1.55 bits per heavy atom. The lowest BCUT2D eigenvalue weighted by molar-refractivity contribution is 0.318. The number of rotatable bonds is 4. The maximum Gasteiger partial charge on any atom is 0.172 e. The van der Waals surface area contributed by atoms with Gasteiger partial charge >= 0.3 is 0 Å². The first kappa shape index (κ1) is 13.9. The van der Waals surface area contributed by atoms with Gasteiger partial charge in [-0.3, -0.25) is 4.68 Å². The third-order valence-corrected chi connectivity index (χ3v) is 2.93. The van der Waals surface area contributed by atoms with E-state index in [1.165, 1.54) is 12.1 Å². The van der Waals surface area contributed by atoms with Crippen molar-refractivity contribution in [1.82, 2.24) is 9.78 Å². The van der Waals surface area contributed by atoms with Crippen molar-refractivity contribution in [1.29, 1.82) is 0 Å². The van der Waals surface area contributed by atoms with Crippen LogP contribution < -0.4 is 10.6 Å². The Morgan fingerprint density at radius 2 is 2.30 bits per heavy atom. The van der Waals surface area contributed by atoms with E-state index in [2.05, 4.69) is 10.3 Å². The summed E-state index contributed by atoms with van der Waals surface area (Å²) in [5.41, 5.74) is 7.61. The van der Waals surface area contributed by atoms with Gasteiger partial charge in [-0.15, -0.1) is 0 Å². The number of amidine groups is 1. The van der Waals surface area contributed by atoms with E-state index in [9.17, 15) is 4.39 Å². The van der Waals surface area contributed by atoms with Gasteiger partial charge in [-0.25, -0.2) is 4.39 Å². The van der Waals surface area contributed by atoms with Gasteiger partial charge in [-0.05, 0) is 18.2 Å². The molecule has 2 aromatic rings. The van der Waals surface area contributed by atoms with Crippen molar-refractivity contribution in [3.8, 4) is 0 Å². The van der Waals surface area contributed by atoms with Gasteiger partial charge in [0.05, 0.1) is 6.20 Å². The zero-order valence-electron chi connectivity index (χ0n) is 11.3. The van der Waals surface area contributed by atoms with Crippen LogP contribution in [0.5, 0.6) is 0 Å². The minimum absolute atomic E-state index is 0.127. The standard InChI is InChI=1S/C13H16FN5O/c1-18(7-9-6-16-19(2)8-9)12-4-3-10(14)5-11(12)13(15)17-20/h3-6,8,20H,7H2,1-2H3,(H2,15,17). The maximum absolute atomic E-state index is 13.3. The van der Waals surface area contributed by atoms with Crippen LogP contribution in [0.2, 0.25) is 0 Å². The summed E-state index contributed by atoms with van der Waals surface area (Å²) in [5, 5.41) is 15.8. The van der Waals surface area contributed by atoms with Gasteiger partial charge in [0.15, 0.2) is 5.84 Å². The summed E-state index contributed by atoms with van der Waals surface area (Å²) in [5.74, 6) is -0.567. The molecule has 0 aliphatic carbocycles. The Bertz CT molecular complexity index is 637. The number of oxime groups is 1.